The maximum atomic E-state index is 13.1. The molecule has 8 heteroatoms. The van der Waals surface area contributed by atoms with Gasteiger partial charge in [0.25, 0.3) is 10.0 Å². The minimum Gasteiger partial charge on any atom is -0.388 e. The van der Waals surface area contributed by atoms with Crippen LogP contribution in [0.25, 0.3) is 0 Å². The van der Waals surface area contributed by atoms with E-state index in [1.54, 1.807) is 24.3 Å². The summed E-state index contributed by atoms with van der Waals surface area (Å²) in [4.78, 5) is 24.8. The van der Waals surface area contributed by atoms with Crippen molar-refractivity contribution in [1.29, 1.82) is 0 Å². The third-order valence-corrected chi connectivity index (χ3v) is 6.73. The van der Waals surface area contributed by atoms with E-state index in [2.05, 4.69) is 0 Å². The van der Waals surface area contributed by atoms with Crippen molar-refractivity contribution < 1.29 is 23.1 Å². The molecule has 1 saturated heterocycles. The number of anilines is 2. The number of hydrogen-bond acceptors (Lipinski definition) is 5. The van der Waals surface area contributed by atoms with Gasteiger partial charge in [-0.1, -0.05) is 18.2 Å². The molecule has 2 heterocycles. The van der Waals surface area contributed by atoms with Crippen LogP contribution < -0.4 is 9.21 Å². The average Bonchev–Trinajstić information content (AvgIpc) is 3.00. The molecule has 27 heavy (non-hydrogen) atoms. The average molecular weight is 386 g/mol. The fourth-order valence-electron chi connectivity index (χ4n) is 3.52. The SMILES string of the molecule is O=C1CCC(=O)N1c1ccc(S(=O)(=O)N2CCC(O)c3ccccc32)cc1. The van der Waals surface area contributed by atoms with Crippen LogP contribution in [0.3, 0.4) is 0 Å². The lowest BCUT2D eigenvalue weighted by atomic mass is 10.0. The number of aliphatic hydroxyl groups is 1. The number of aliphatic hydroxyl groups excluding tert-OH is 1. The summed E-state index contributed by atoms with van der Waals surface area (Å²) in [6.07, 6.45) is -0.0370. The highest BCUT2D eigenvalue weighted by Crippen LogP contribution is 2.37. The van der Waals surface area contributed by atoms with Crippen LogP contribution in [-0.4, -0.2) is 31.9 Å². The monoisotopic (exact) mass is 386 g/mol. The summed E-state index contributed by atoms with van der Waals surface area (Å²) >= 11 is 0. The summed E-state index contributed by atoms with van der Waals surface area (Å²) in [5, 5.41) is 10.1. The third-order valence-electron chi connectivity index (χ3n) is 4.90. The van der Waals surface area contributed by atoms with Crippen molar-refractivity contribution in [3.8, 4) is 0 Å². The maximum absolute atomic E-state index is 13.1. The standard InChI is InChI=1S/C19H18N2O5S/c22-17-11-12-20(16-4-2-1-3-15(16)17)27(25,26)14-7-5-13(6-8-14)21-18(23)9-10-19(21)24/h1-8,17,22H,9-12H2. The van der Waals surface area contributed by atoms with Gasteiger partial charge in [-0.25, -0.2) is 8.42 Å². The lowest BCUT2D eigenvalue weighted by Crippen LogP contribution is -2.36. The van der Waals surface area contributed by atoms with Crippen LogP contribution in [0.5, 0.6) is 0 Å². The van der Waals surface area contributed by atoms with Gasteiger partial charge in [0.05, 0.1) is 22.4 Å². The Balaban J connectivity index is 1.68. The Hall–Kier alpha value is -2.71. The largest absolute Gasteiger partial charge is 0.388 e. The molecule has 1 atom stereocenters. The van der Waals surface area contributed by atoms with Gasteiger partial charge in [-0.2, -0.15) is 0 Å². The quantitative estimate of drug-likeness (QED) is 0.814. The second-order valence-electron chi connectivity index (χ2n) is 6.56. The Morgan fingerprint density at radius 2 is 1.56 bits per heavy atom. The van der Waals surface area contributed by atoms with Crippen molar-refractivity contribution in [2.75, 3.05) is 15.7 Å². The van der Waals surface area contributed by atoms with Gasteiger partial charge >= 0.3 is 0 Å². The molecule has 2 aromatic rings. The van der Waals surface area contributed by atoms with Crippen LogP contribution >= 0.6 is 0 Å². The lowest BCUT2D eigenvalue weighted by Gasteiger charge is -2.33. The van der Waals surface area contributed by atoms with Crippen LogP contribution in [0.1, 0.15) is 30.9 Å². The number of carbonyl (C=O) groups is 2. The third kappa shape index (κ3) is 2.90. The Morgan fingerprint density at radius 3 is 2.22 bits per heavy atom. The smallest absolute Gasteiger partial charge is 0.264 e. The first-order valence-corrected chi connectivity index (χ1v) is 10.1. The number of nitrogens with zero attached hydrogens (tertiary/aromatic N) is 2. The molecule has 0 aromatic heterocycles. The molecular weight excluding hydrogens is 368 g/mol. The van der Waals surface area contributed by atoms with E-state index >= 15 is 0 Å². The Labute approximate surface area is 156 Å². The van der Waals surface area contributed by atoms with E-state index in [0.717, 1.165) is 4.90 Å². The van der Waals surface area contributed by atoms with E-state index in [0.29, 0.717) is 23.4 Å². The highest BCUT2D eigenvalue weighted by Gasteiger charge is 2.33. The zero-order valence-electron chi connectivity index (χ0n) is 14.4. The van der Waals surface area contributed by atoms with Crippen LogP contribution in [0.4, 0.5) is 11.4 Å². The molecule has 7 nitrogen and oxygen atoms in total. The van der Waals surface area contributed by atoms with Gasteiger partial charge < -0.3 is 5.11 Å². The molecule has 0 bridgehead atoms. The number of carbonyl (C=O) groups excluding carboxylic acids is 2. The molecule has 2 aliphatic rings. The molecule has 1 fully saturated rings. The van der Waals surface area contributed by atoms with Gasteiger partial charge in [-0.15, -0.1) is 0 Å². The first-order valence-electron chi connectivity index (χ1n) is 8.65. The number of amides is 2. The fraction of sp³-hybridized carbons (Fsp3) is 0.263. The molecule has 0 saturated carbocycles. The van der Waals surface area contributed by atoms with Crippen LogP contribution in [-0.2, 0) is 19.6 Å². The molecule has 0 spiro atoms. The van der Waals surface area contributed by atoms with E-state index in [1.807, 2.05) is 0 Å². The van der Waals surface area contributed by atoms with Crippen molar-refractivity contribution >= 4 is 33.2 Å². The molecule has 1 unspecified atom stereocenters. The van der Waals surface area contributed by atoms with E-state index in [4.69, 9.17) is 0 Å². The van der Waals surface area contributed by atoms with Crippen LogP contribution in [0.2, 0.25) is 0 Å². The molecule has 4 rings (SSSR count). The number of fused-ring (bicyclic) bond motifs is 1. The predicted molar refractivity (Wildman–Crippen MR) is 98.7 cm³/mol. The summed E-state index contributed by atoms with van der Waals surface area (Å²) in [5.41, 5.74) is 1.42. The molecule has 2 aromatic carbocycles. The van der Waals surface area contributed by atoms with E-state index in [9.17, 15) is 23.1 Å². The Kier molecular flexibility index (Phi) is 4.24. The van der Waals surface area contributed by atoms with Crippen molar-refractivity contribution in [3.05, 3.63) is 54.1 Å². The van der Waals surface area contributed by atoms with Crippen molar-refractivity contribution in [2.24, 2.45) is 0 Å². The van der Waals surface area contributed by atoms with Crippen molar-refractivity contribution in [2.45, 2.75) is 30.3 Å². The Bertz CT molecular complexity index is 1000. The minimum atomic E-state index is -3.83. The normalized spacial score (nSPS) is 20.1. The van der Waals surface area contributed by atoms with Gasteiger partial charge in [0.15, 0.2) is 0 Å². The molecule has 1 N–H and O–H groups in total. The molecule has 0 aliphatic carbocycles. The lowest BCUT2D eigenvalue weighted by molar-refractivity contribution is -0.121. The second-order valence-corrected chi connectivity index (χ2v) is 8.42. The topological polar surface area (TPSA) is 95.0 Å². The summed E-state index contributed by atoms with van der Waals surface area (Å²) in [7, 11) is -3.83. The maximum Gasteiger partial charge on any atom is 0.264 e. The summed E-state index contributed by atoms with van der Waals surface area (Å²) < 4.78 is 27.5. The van der Waals surface area contributed by atoms with Gasteiger partial charge in [0.1, 0.15) is 0 Å². The highest BCUT2D eigenvalue weighted by molar-refractivity contribution is 7.92. The molecule has 140 valence electrons. The fourth-order valence-corrected chi connectivity index (χ4v) is 5.03. The number of imide groups is 1. The van der Waals surface area contributed by atoms with E-state index in [-0.39, 0.29) is 36.1 Å². The molecular formula is C19H18N2O5S. The second kappa shape index (κ2) is 6.47. The first kappa shape index (κ1) is 17.7. The zero-order chi connectivity index (χ0) is 19.2. The minimum absolute atomic E-state index is 0.0662. The molecule has 2 aliphatic heterocycles. The van der Waals surface area contributed by atoms with Gasteiger partial charge in [-0.05, 0) is 36.8 Å². The number of para-hydroxylation sites is 1. The summed E-state index contributed by atoms with van der Waals surface area (Å²) in [5.74, 6) is -0.566. The van der Waals surface area contributed by atoms with Gasteiger partial charge in [-0.3, -0.25) is 18.8 Å². The molecule has 2 amide bonds. The summed E-state index contributed by atoms with van der Waals surface area (Å²) in [6.45, 7) is 0.172. The number of hydrogen-bond donors (Lipinski definition) is 1. The van der Waals surface area contributed by atoms with Gasteiger partial charge in [0.2, 0.25) is 11.8 Å². The van der Waals surface area contributed by atoms with Crippen LogP contribution in [0, 0.1) is 0 Å². The van der Waals surface area contributed by atoms with Crippen LogP contribution in [0.15, 0.2) is 53.4 Å². The predicted octanol–water partition coefficient (Wildman–Crippen LogP) is 1.97. The first-order chi connectivity index (χ1) is 12.9. The van der Waals surface area contributed by atoms with E-state index < -0.39 is 16.1 Å². The van der Waals surface area contributed by atoms with Gasteiger partial charge in [0, 0.05) is 24.9 Å². The van der Waals surface area contributed by atoms with E-state index in [1.165, 1.54) is 28.6 Å². The highest BCUT2D eigenvalue weighted by atomic mass is 32.2. The summed E-state index contributed by atoms with van der Waals surface area (Å²) in [6, 6.07) is 12.6. The van der Waals surface area contributed by atoms with Crippen molar-refractivity contribution in [3.63, 3.8) is 0 Å². The molecule has 0 radical (unpaired) electrons. The zero-order valence-corrected chi connectivity index (χ0v) is 15.2. The number of benzene rings is 2. The number of sulfonamides is 1. The van der Waals surface area contributed by atoms with Crippen molar-refractivity contribution in [1.82, 2.24) is 0 Å². The Morgan fingerprint density at radius 1 is 0.926 bits per heavy atom. The number of rotatable bonds is 3.